The van der Waals surface area contributed by atoms with Gasteiger partial charge < -0.3 is 28.0 Å². The lowest BCUT2D eigenvalue weighted by molar-refractivity contribution is -0.681. The van der Waals surface area contributed by atoms with Gasteiger partial charge in [-0.1, -0.05) is 0 Å². The molecule has 20 heavy (non-hydrogen) atoms. The van der Waals surface area contributed by atoms with Gasteiger partial charge in [0.2, 0.25) is 0 Å². The first-order valence-electron chi connectivity index (χ1n) is 6.16. The number of aryl methyl sites for hydroxylation is 1. The molecule has 3 N–H and O–H groups in total. The van der Waals surface area contributed by atoms with Gasteiger partial charge in [-0.05, 0) is 19.1 Å². The van der Waals surface area contributed by atoms with Crippen molar-refractivity contribution in [2.24, 2.45) is 5.73 Å². The zero-order chi connectivity index (χ0) is 13.1. The van der Waals surface area contributed by atoms with Crippen molar-refractivity contribution in [2.75, 3.05) is 13.7 Å². The van der Waals surface area contributed by atoms with E-state index >= 15 is 0 Å². The molecule has 1 aromatic carbocycles. The van der Waals surface area contributed by atoms with Crippen LogP contribution in [-0.2, 0) is 19.6 Å². The zero-order valence-corrected chi connectivity index (χ0v) is 13.2. The third kappa shape index (κ3) is 3.17. The number of aliphatic hydroxyl groups is 1. The molecule has 114 valence electrons. The number of aliphatic hydroxyl groups excluding tert-OH is 1. The first-order chi connectivity index (χ1) is 8.76. The van der Waals surface area contributed by atoms with E-state index in [0.29, 0.717) is 13.1 Å². The van der Waals surface area contributed by atoms with Gasteiger partial charge in [-0.2, -0.15) is 0 Å². The number of aromatic nitrogens is 2. The van der Waals surface area contributed by atoms with Crippen LogP contribution >= 0.6 is 12.4 Å². The largest absolute Gasteiger partial charge is 1.00 e. The molecule has 0 saturated carbocycles. The number of ether oxygens (including phenoxy) is 1. The number of halogens is 2. The Labute approximate surface area is 131 Å². The van der Waals surface area contributed by atoms with E-state index in [9.17, 15) is 5.11 Å². The second-order valence-corrected chi connectivity index (χ2v) is 4.09. The van der Waals surface area contributed by atoms with E-state index in [1.807, 2.05) is 18.2 Å². The third-order valence-corrected chi connectivity index (χ3v) is 3.21. The maximum absolute atomic E-state index is 9.19. The second kappa shape index (κ2) is 8.32. The van der Waals surface area contributed by atoms with Gasteiger partial charge in [0.05, 0.1) is 26.8 Å². The molecule has 0 saturated heterocycles. The van der Waals surface area contributed by atoms with Gasteiger partial charge in [0.1, 0.15) is 12.3 Å². The van der Waals surface area contributed by atoms with Crippen LogP contribution < -0.4 is 27.4 Å². The van der Waals surface area contributed by atoms with Gasteiger partial charge in [0, 0.05) is 6.07 Å². The Morgan fingerprint density at radius 2 is 2.10 bits per heavy atom. The summed E-state index contributed by atoms with van der Waals surface area (Å²) in [6, 6.07) is 5.94. The van der Waals surface area contributed by atoms with Gasteiger partial charge >= 0.3 is 0 Å². The number of hydrogen-bond donors (Lipinski definition) is 2. The lowest BCUT2D eigenvalue weighted by Gasteiger charge is -1.99. The van der Waals surface area contributed by atoms with Crippen molar-refractivity contribution in [1.29, 1.82) is 0 Å². The van der Waals surface area contributed by atoms with Crippen LogP contribution in [0.4, 0.5) is 0 Å². The molecule has 0 spiro atoms. The fourth-order valence-corrected chi connectivity index (χ4v) is 2.42. The highest BCUT2D eigenvalue weighted by Gasteiger charge is 2.22. The average molecular weight is 322 g/mol. The first-order valence-corrected chi connectivity index (χ1v) is 6.16. The van der Waals surface area contributed by atoms with E-state index in [2.05, 4.69) is 16.1 Å². The Hall–Kier alpha value is -1.01. The Morgan fingerprint density at radius 3 is 2.60 bits per heavy atom. The number of hydrogen-bond acceptors (Lipinski definition) is 3. The fourth-order valence-electron chi connectivity index (χ4n) is 2.42. The summed E-state index contributed by atoms with van der Waals surface area (Å²) in [6.07, 6.45) is 0. The van der Waals surface area contributed by atoms with Gasteiger partial charge in [-0.3, -0.25) is 0 Å². The van der Waals surface area contributed by atoms with Crippen molar-refractivity contribution in [3.05, 3.63) is 24.0 Å². The molecule has 0 atom stereocenters. The Bertz CT molecular complexity index is 558. The van der Waals surface area contributed by atoms with Gasteiger partial charge in [0.15, 0.2) is 11.0 Å². The van der Waals surface area contributed by atoms with Gasteiger partial charge in [-0.25, -0.2) is 9.13 Å². The number of methoxy groups -OCH3 is 1. The summed E-state index contributed by atoms with van der Waals surface area (Å²) in [5.41, 5.74) is 8.00. The third-order valence-electron chi connectivity index (χ3n) is 3.21. The van der Waals surface area contributed by atoms with Crippen LogP contribution in [0.15, 0.2) is 18.2 Å². The van der Waals surface area contributed by atoms with E-state index < -0.39 is 0 Å². The predicted octanol–water partition coefficient (Wildman–Crippen LogP) is -2.17. The topological polar surface area (TPSA) is 64.3 Å². The number of benzene rings is 1. The van der Waals surface area contributed by atoms with Crippen molar-refractivity contribution in [2.45, 2.75) is 26.6 Å². The molecular weight excluding hydrogens is 301 g/mol. The molecule has 0 aliphatic heterocycles. The second-order valence-electron chi connectivity index (χ2n) is 4.09. The molecule has 0 amide bonds. The highest BCUT2D eigenvalue weighted by molar-refractivity contribution is 5.85. The van der Waals surface area contributed by atoms with Crippen LogP contribution in [0.1, 0.15) is 12.7 Å². The van der Waals surface area contributed by atoms with E-state index in [-0.39, 0.29) is 31.4 Å². The van der Waals surface area contributed by atoms with Crippen LogP contribution in [0.25, 0.3) is 11.0 Å². The Balaban J connectivity index is 0.00000180. The lowest BCUT2D eigenvalue weighted by atomic mass is 10.3. The molecule has 2 aromatic rings. The van der Waals surface area contributed by atoms with Gasteiger partial charge in [-0.15, -0.1) is 12.4 Å². The minimum Gasteiger partial charge on any atom is -1.00 e. The maximum atomic E-state index is 9.19. The smallest absolute Gasteiger partial charge is 0.271 e. The van der Waals surface area contributed by atoms with E-state index in [4.69, 9.17) is 10.5 Å². The van der Waals surface area contributed by atoms with Crippen molar-refractivity contribution >= 4 is 23.4 Å². The minimum atomic E-state index is 0. The molecule has 0 unspecified atom stereocenters. The summed E-state index contributed by atoms with van der Waals surface area (Å²) in [6.45, 7) is 4.04. The molecular formula is C13H21Cl2N3O2. The monoisotopic (exact) mass is 321 g/mol. The molecule has 0 fully saturated rings. The number of rotatable bonds is 5. The highest BCUT2D eigenvalue weighted by Crippen LogP contribution is 2.20. The van der Waals surface area contributed by atoms with Crippen LogP contribution in [0.5, 0.6) is 5.75 Å². The normalized spacial score (nSPS) is 10.0. The zero-order valence-electron chi connectivity index (χ0n) is 11.7. The molecule has 0 aliphatic rings. The standard InChI is InChI=1S/C13H20N3O2.2ClH/c1-3-15-12-8-10(18-2)4-5-11(12)16(6-7-17)13(15)9-14;;/h4-5,8,17H,3,6-7,9,14H2,1-2H3;2*1H/q+1;;/p-1. The Morgan fingerprint density at radius 1 is 1.40 bits per heavy atom. The minimum absolute atomic E-state index is 0. The van der Waals surface area contributed by atoms with Crippen molar-refractivity contribution in [3.8, 4) is 5.75 Å². The molecule has 5 nitrogen and oxygen atoms in total. The van der Waals surface area contributed by atoms with Crippen molar-refractivity contribution < 1.29 is 26.8 Å². The van der Waals surface area contributed by atoms with E-state index in [1.54, 1.807) is 7.11 Å². The quantitative estimate of drug-likeness (QED) is 0.616. The highest BCUT2D eigenvalue weighted by atomic mass is 35.5. The van der Waals surface area contributed by atoms with Crippen molar-refractivity contribution in [3.63, 3.8) is 0 Å². The molecule has 0 radical (unpaired) electrons. The fraction of sp³-hybridized carbons (Fsp3) is 0.462. The van der Waals surface area contributed by atoms with Crippen LogP contribution in [0.3, 0.4) is 0 Å². The van der Waals surface area contributed by atoms with Crippen LogP contribution in [0, 0.1) is 0 Å². The number of nitrogens with two attached hydrogens (primary N) is 1. The van der Waals surface area contributed by atoms with E-state index in [0.717, 1.165) is 29.2 Å². The predicted molar refractivity (Wildman–Crippen MR) is 76.6 cm³/mol. The Kier molecular flexibility index (Phi) is 7.90. The SMILES string of the molecule is CCn1c(CN)[n+](CCO)c2ccc(OC)cc21.Cl.[Cl-]. The summed E-state index contributed by atoms with van der Waals surface area (Å²) >= 11 is 0. The van der Waals surface area contributed by atoms with Crippen LogP contribution in [-0.4, -0.2) is 23.4 Å². The van der Waals surface area contributed by atoms with Crippen molar-refractivity contribution in [1.82, 2.24) is 4.57 Å². The molecule has 0 aliphatic carbocycles. The molecule has 1 heterocycles. The summed E-state index contributed by atoms with van der Waals surface area (Å²) in [7, 11) is 1.66. The maximum Gasteiger partial charge on any atom is 0.271 e. The molecule has 2 rings (SSSR count). The summed E-state index contributed by atoms with van der Waals surface area (Å²) in [5, 5.41) is 9.19. The first kappa shape index (κ1) is 19.0. The van der Waals surface area contributed by atoms with Gasteiger partial charge in [0.25, 0.3) is 5.82 Å². The number of fused-ring (bicyclic) bond motifs is 1. The number of nitrogens with zero attached hydrogens (tertiary/aromatic N) is 2. The summed E-state index contributed by atoms with van der Waals surface area (Å²) in [5.74, 6) is 1.85. The van der Waals surface area contributed by atoms with E-state index in [1.165, 1.54) is 0 Å². The summed E-state index contributed by atoms with van der Waals surface area (Å²) in [4.78, 5) is 0. The molecule has 0 bridgehead atoms. The summed E-state index contributed by atoms with van der Waals surface area (Å²) < 4.78 is 9.49. The van der Waals surface area contributed by atoms with Crippen LogP contribution in [0.2, 0.25) is 0 Å². The lowest BCUT2D eigenvalue weighted by Crippen LogP contribution is -3.00. The average Bonchev–Trinajstić information content (AvgIpc) is 2.71. The number of imidazole rings is 1. The molecule has 1 aromatic heterocycles. The molecule has 7 heteroatoms.